The normalized spacial score (nSPS) is 4.91. The van der Waals surface area contributed by atoms with Crippen molar-refractivity contribution in [2.24, 2.45) is 0 Å². The van der Waals surface area contributed by atoms with Crippen LogP contribution in [-0.4, -0.2) is 18.9 Å². The fourth-order valence-corrected chi connectivity index (χ4v) is 0. The van der Waals surface area contributed by atoms with Gasteiger partial charge in [0.1, 0.15) is 0 Å². The second-order valence-corrected chi connectivity index (χ2v) is 1.50. The van der Waals surface area contributed by atoms with Crippen LogP contribution < -0.4 is 0 Å². The SMILES string of the molecule is [CH2-]CC.[CH2-]CC.[CH2-]CC.[Li].[Zn]. The smallest absolute Gasteiger partial charge is 0 e. The van der Waals surface area contributed by atoms with Gasteiger partial charge in [-0.3, -0.25) is 0 Å². The van der Waals surface area contributed by atoms with Crippen molar-refractivity contribution in [3.05, 3.63) is 20.8 Å². The van der Waals surface area contributed by atoms with Crippen LogP contribution >= 0.6 is 0 Å². The van der Waals surface area contributed by atoms with Crippen LogP contribution in [0.3, 0.4) is 0 Å². The fourth-order valence-electron chi connectivity index (χ4n) is 0. The Hall–Kier alpha value is 1.22. The maximum absolute atomic E-state index is 3.49. The van der Waals surface area contributed by atoms with E-state index in [1.54, 1.807) is 0 Å². The summed E-state index contributed by atoms with van der Waals surface area (Å²) in [5, 5.41) is 0. The van der Waals surface area contributed by atoms with Gasteiger partial charge < -0.3 is 20.8 Å². The van der Waals surface area contributed by atoms with E-state index >= 15 is 0 Å². The first-order chi connectivity index (χ1) is 4.24. The molecule has 0 aliphatic carbocycles. The molecule has 0 atom stereocenters. The Morgan fingerprint density at radius 2 is 0.727 bits per heavy atom. The third kappa shape index (κ3) is 640. The molecular formula is C9H21LiZn-3. The first kappa shape index (κ1) is 29.5. The monoisotopic (exact) mass is 200 g/mol. The zero-order valence-electron chi connectivity index (χ0n) is 8.95. The molecule has 0 bridgehead atoms. The van der Waals surface area contributed by atoms with Crippen LogP contribution in [0.2, 0.25) is 0 Å². The Morgan fingerprint density at radius 3 is 0.727 bits per heavy atom. The maximum atomic E-state index is 3.49. The van der Waals surface area contributed by atoms with E-state index in [1.165, 1.54) is 0 Å². The average Bonchev–Trinajstić information content (AvgIpc) is 1.70. The largest absolute Gasteiger partial charge is 0.344 e. The predicted molar refractivity (Wildman–Crippen MR) is 52.7 cm³/mol. The van der Waals surface area contributed by atoms with Crippen LogP contribution in [0.1, 0.15) is 40.0 Å². The Balaban J connectivity index is -0.0000000150. The van der Waals surface area contributed by atoms with E-state index in [9.17, 15) is 0 Å². The van der Waals surface area contributed by atoms with Gasteiger partial charge in [0.15, 0.2) is 0 Å². The Morgan fingerprint density at radius 1 is 0.727 bits per heavy atom. The molecule has 0 aromatic carbocycles. The van der Waals surface area contributed by atoms with Gasteiger partial charge >= 0.3 is 0 Å². The minimum Gasteiger partial charge on any atom is -0.344 e. The summed E-state index contributed by atoms with van der Waals surface area (Å²) in [6.07, 6.45) is 3.00. The molecule has 0 amide bonds. The molecule has 0 saturated carbocycles. The molecule has 0 heterocycles. The maximum Gasteiger partial charge on any atom is 0 e. The van der Waals surface area contributed by atoms with Gasteiger partial charge in [0, 0.05) is 38.3 Å². The number of rotatable bonds is 0. The standard InChI is InChI=1S/3C3H7.Li.Zn/c3*1-3-2;;/h3*1,3H2,2H3;;/q3*-1;;. The Bertz CT molecular complexity index is 14.3. The van der Waals surface area contributed by atoms with Crippen molar-refractivity contribution >= 4 is 18.9 Å². The molecule has 0 unspecified atom stereocenters. The summed E-state index contributed by atoms with van der Waals surface area (Å²) >= 11 is 0. The molecule has 0 nitrogen and oxygen atoms in total. The quantitative estimate of drug-likeness (QED) is 0.417. The van der Waals surface area contributed by atoms with Gasteiger partial charge in [-0.05, 0) is 0 Å². The van der Waals surface area contributed by atoms with E-state index in [4.69, 9.17) is 0 Å². The minimum absolute atomic E-state index is 0. The van der Waals surface area contributed by atoms with Gasteiger partial charge in [-0.15, -0.1) is 0 Å². The van der Waals surface area contributed by atoms with Crippen molar-refractivity contribution < 1.29 is 19.5 Å². The summed E-state index contributed by atoms with van der Waals surface area (Å²) in [6, 6.07) is 0. The predicted octanol–water partition coefficient (Wildman–Crippen LogP) is 3.31. The van der Waals surface area contributed by atoms with Crippen LogP contribution in [0.15, 0.2) is 0 Å². The summed E-state index contributed by atoms with van der Waals surface area (Å²) in [6.45, 7) is 16.5. The van der Waals surface area contributed by atoms with E-state index < -0.39 is 0 Å². The second kappa shape index (κ2) is 65.8. The molecule has 0 saturated heterocycles. The van der Waals surface area contributed by atoms with Crippen LogP contribution in [-0.2, 0) is 19.5 Å². The van der Waals surface area contributed by atoms with E-state index in [0.717, 1.165) is 19.3 Å². The van der Waals surface area contributed by atoms with Gasteiger partial charge in [0.05, 0.1) is 0 Å². The summed E-state index contributed by atoms with van der Waals surface area (Å²) in [5.41, 5.74) is 0. The van der Waals surface area contributed by atoms with Crippen molar-refractivity contribution in [2.45, 2.75) is 40.0 Å². The van der Waals surface area contributed by atoms with Gasteiger partial charge in [0.25, 0.3) is 0 Å². The van der Waals surface area contributed by atoms with Crippen LogP contribution in [0, 0.1) is 20.8 Å². The zero-order valence-corrected chi connectivity index (χ0v) is 11.9. The topological polar surface area (TPSA) is 0 Å². The van der Waals surface area contributed by atoms with E-state index in [2.05, 4.69) is 20.8 Å². The van der Waals surface area contributed by atoms with E-state index in [0.29, 0.717) is 0 Å². The summed E-state index contributed by atoms with van der Waals surface area (Å²) < 4.78 is 0. The number of hydrogen-bond acceptors (Lipinski definition) is 0. The Labute approximate surface area is 98.9 Å². The number of hydrogen-bond donors (Lipinski definition) is 0. The van der Waals surface area contributed by atoms with Crippen molar-refractivity contribution in [3.63, 3.8) is 0 Å². The van der Waals surface area contributed by atoms with E-state index in [-0.39, 0.29) is 38.3 Å². The molecule has 0 aromatic rings. The van der Waals surface area contributed by atoms with Gasteiger partial charge in [0.2, 0.25) is 0 Å². The van der Waals surface area contributed by atoms with Crippen LogP contribution in [0.4, 0.5) is 0 Å². The Kier molecular flexibility index (Phi) is 177. The van der Waals surface area contributed by atoms with Crippen molar-refractivity contribution in [2.75, 3.05) is 0 Å². The molecule has 0 N–H and O–H groups in total. The third-order valence-corrected chi connectivity index (χ3v) is 0. The summed E-state index contributed by atoms with van der Waals surface area (Å²) in [7, 11) is 0. The molecular weight excluding hydrogens is 180 g/mol. The van der Waals surface area contributed by atoms with Gasteiger partial charge in [-0.25, -0.2) is 0 Å². The van der Waals surface area contributed by atoms with E-state index in [1.807, 2.05) is 20.8 Å². The second-order valence-electron chi connectivity index (χ2n) is 1.50. The molecule has 0 aliphatic heterocycles. The van der Waals surface area contributed by atoms with Crippen molar-refractivity contribution in [3.8, 4) is 0 Å². The van der Waals surface area contributed by atoms with Crippen molar-refractivity contribution in [1.29, 1.82) is 0 Å². The fraction of sp³-hybridized carbons (Fsp3) is 0.667. The molecule has 2 heteroatoms. The van der Waals surface area contributed by atoms with Gasteiger partial charge in [-0.2, -0.15) is 19.3 Å². The molecule has 11 heavy (non-hydrogen) atoms. The first-order valence-electron chi connectivity index (χ1n) is 3.62. The molecule has 1 radical (unpaired) electrons. The van der Waals surface area contributed by atoms with Gasteiger partial charge in [-0.1, -0.05) is 20.8 Å². The van der Waals surface area contributed by atoms with Crippen LogP contribution in [0.25, 0.3) is 0 Å². The minimum atomic E-state index is 0. The molecule has 0 rings (SSSR count). The van der Waals surface area contributed by atoms with Crippen molar-refractivity contribution in [1.82, 2.24) is 0 Å². The summed E-state index contributed by atoms with van der Waals surface area (Å²) in [4.78, 5) is 0. The average molecular weight is 202 g/mol. The zero-order chi connectivity index (χ0) is 8.12. The third-order valence-electron chi connectivity index (χ3n) is 0. The molecule has 0 aliphatic rings. The summed E-state index contributed by atoms with van der Waals surface area (Å²) in [5.74, 6) is 0. The first-order valence-corrected chi connectivity index (χ1v) is 3.62. The molecule has 0 fully saturated rings. The molecule has 0 aromatic heterocycles. The molecule has 0 spiro atoms. The van der Waals surface area contributed by atoms with Crippen LogP contribution in [0.5, 0.6) is 0 Å². The molecule has 63 valence electrons.